The quantitative estimate of drug-likeness (QED) is 0.486. The van der Waals surface area contributed by atoms with E-state index in [-0.39, 0.29) is 17.7 Å². The fourth-order valence-electron chi connectivity index (χ4n) is 3.02. The first-order valence-corrected chi connectivity index (χ1v) is 7.74. The zero-order valence-electron chi connectivity index (χ0n) is 14.0. The summed E-state index contributed by atoms with van der Waals surface area (Å²) in [5, 5.41) is 0.418. The number of ether oxygens (including phenoxy) is 1. The molecule has 0 saturated heterocycles. The number of aryl methyl sites for hydroxylation is 1. The molecule has 3 aromatic rings. The van der Waals surface area contributed by atoms with Gasteiger partial charge in [-0.05, 0) is 36.8 Å². The number of nitrogens with zero attached hydrogens (tertiary/aromatic N) is 1. The average Bonchev–Trinajstić information content (AvgIpc) is 2.99. The zero-order chi connectivity index (χ0) is 19.1. The molecule has 0 aliphatic heterocycles. The van der Waals surface area contributed by atoms with Crippen LogP contribution in [-0.4, -0.2) is 17.6 Å². The van der Waals surface area contributed by atoms with E-state index in [1.807, 2.05) is 0 Å². The third-order valence-electron chi connectivity index (χ3n) is 4.20. The van der Waals surface area contributed by atoms with Gasteiger partial charge < -0.3 is 9.30 Å². The Kier molecular flexibility index (Phi) is 4.48. The largest absolute Gasteiger partial charge is 0.465 e. The second-order valence-corrected chi connectivity index (χ2v) is 5.94. The normalized spacial score (nSPS) is 11.8. The van der Waals surface area contributed by atoms with Crippen LogP contribution in [0.4, 0.5) is 17.6 Å². The van der Waals surface area contributed by atoms with Crippen LogP contribution in [0.3, 0.4) is 0 Å². The molecule has 26 heavy (non-hydrogen) atoms. The van der Waals surface area contributed by atoms with Crippen molar-refractivity contribution in [2.45, 2.75) is 19.6 Å². The second kappa shape index (κ2) is 6.48. The van der Waals surface area contributed by atoms with Crippen LogP contribution in [-0.2, 0) is 17.5 Å². The molecule has 2 aromatic carbocycles. The van der Waals surface area contributed by atoms with Crippen LogP contribution >= 0.6 is 0 Å². The Morgan fingerprint density at radius 2 is 1.92 bits per heavy atom. The van der Waals surface area contributed by atoms with Crippen molar-refractivity contribution in [3.05, 3.63) is 70.7 Å². The van der Waals surface area contributed by atoms with Gasteiger partial charge in [-0.15, -0.1) is 0 Å². The molecule has 1 heterocycles. The van der Waals surface area contributed by atoms with E-state index >= 15 is 0 Å². The third kappa shape index (κ3) is 3.16. The number of alkyl halides is 3. The van der Waals surface area contributed by atoms with Crippen molar-refractivity contribution >= 4 is 16.9 Å². The molecule has 7 heteroatoms. The maximum atomic E-state index is 14.6. The van der Waals surface area contributed by atoms with Gasteiger partial charge in [0.25, 0.3) is 0 Å². The summed E-state index contributed by atoms with van der Waals surface area (Å²) in [6.07, 6.45) is -2.83. The first-order valence-electron chi connectivity index (χ1n) is 7.74. The zero-order valence-corrected chi connectivity index (χ0v) is 14.0. The number of rotatable bonds is 3. The smallest absolute Gasteiger partial charge is 0.416 e. The summed E-state index contributed by atoms with van der Waals surface area (Å²) in [4.78, 5) is 11.6. The number of carbonyl (C=O) groups excluding carboxylic acids is 1. The standard InChI is InChI=1S/C19H15F4NO2/c1-11-8-14(19(21,22)23)9-12-6-7-24(17(11)12)10-13-4-3-5-15(16(13)20)18(25)26-2/h3-9H,10H2,1-2H3. The number of methoxy groups -OCH3 is 1. The SMILES string of the molecule is COC(=O)c1cccc(Cn2ccc3cc(C(F)(F)F)cc(C)c32)c1F. The van der Waals surface area contributed by atoms with Gasteiger partial charge in [0.2, 0.25) is 0 Å². The van der Waals surface area contributed by atoms with E-state index in [1.54, 1.807) is 23.8 Å². The van der Waals surface area contributed by atoms with Crippen molar-refractivity contribution in [3.8, 4) is 0 Å². The van der Waals surface area contributed by atoms with Crippen molar-refractivity contribution in [2.75, 3.05) is 7.11 Å². The summed E-state index contributed by atoms with van der Waals surface area (Å²) in [7, 11) is 1.16. The maximum absolute atomic E-state index is 14.6. The Hall–Kier alpha value is -2.83. The van der Waals surface area contributed by atoms with Crippen LogP contribution in [0.15, 0.2) is 42.6 Å². The third-order valence-corrected chi connectivity index (χ3v) is 4.20. The second-order valence-electron chi connectivity index (χ2n) is 5.94. The minimum absolute atomic E-state index is 0.0758. The molecule has 0 amide bonds. The van der Waals surface area contributed by atoms with Crippen molar-refractivity contribution in [2.24, 2.45) is 0 Å². The molecule has 0 saturated carbocycles. The Labute approximate surface area is 146 Å². The fourth-order valence-corrected chi connectivity index (χ4v) is 3.02. The molecule has 0 radical (unpaired) electrons. The lowest BCUT2D eigenvalue weighted by Gasteiger charge is -2.12. The van der Waals surface area contributed by atoms with Gasteiger partial charge in [0.15, 0.2) is 0 Å². The highest BCUT2D eigenvalue weighted by Gasteiger charge is 2.31. The van der Waals surface area contributed by atoms with Crippen LogP contribution in [0.25, 0.3) is 10.9 Å². The molecule has 0 bridgehead atoms. The summed E-state index contributed by atoms with van der Waals surface area (Å²) in [6, 6.07) is 8.07. The van der Waals surface area contributed by atoms with Crippen molar-refractivity contribution in [3.63, 3.8) is 0 Å². The molecular formula is C19H15F4NO2. The molecule has 0 aliphatic rings. The molecule has 0 spiro atoms. The molecule has 3 rings (SSSR count). The van der Waals surface area contributed by atoms with Crippen molar-refractivity contribution in [1.82, 2.24) is 4.57 Å². The summed E-state index contributed by atoms with van der Waals surface area (Å²) in [5.41, 5.74) is 0.353. The molecule has 0 N–H and O–H groups in total. The summed E-state index contributed by atoms with van der Waals surface area (Å²) >= 11 is 0. The van der Waals surface area contributed by atoms with Gasteiger partial charge in [0.1, 0.15) is 5.82 Å². The minimum atomic E-state index is -4.43. The highest BCUT2D eigenvalue weighted by molar-refractivity contribution is 5.90. The van der Waals surface area contributed by atoms with Crippen LogP contribution in [0.1, 0.15) is 27.0 Å². The van der Waals surface area contributed by atoms with Crippen LogP contribution in [0, 0.1) is 12.7 Å². The molecular weight excluding hydrogens is 350 g/mol. The predicted octanol–water partition coefficient (Wildman–Crippen LogP) is 4.94. The highest BCUT2D eigenvalue weighted by atomic mass is 19.4. The molecule has 0 aliphatic carbocycles. The van der Waals surface area contributed by atoms with Crippen LogP contribution in [0.2, 0.25) is 0 Å². The van der Waals surface area contributed by atoms with Gasteiger partial charge in [-0.1, -0.05) is 12.1 Å². The van der Waals surface area contributed by atoms with E-state index in [2.05, 4.69) is 4.74 Å². The van der Waals surface area contributed by atoms with Crippen LogP contribution < -0.4 is 0 Å². The lowest BCUT2D eigenvalue weighted by molar-refractivity contribution is -0.137. The average molecular weight is 365 g/mol. The number of hydrogen-bond acceptors (Lipinski definition) is 2. The number of carbonyl (C=O) groups is 1. The summed E-state index contributed by atoms with van der Waals surface area (Å²) in [5.74, 6) is -1.49. The van der Waals surface area contributed by atoms with E-state index in [1.165, 1.54) is 18.2 Å². The maximum Gasteiger partial charge on any atom is 0.416 e. The first kappa shape index (κ1) is 18.0. The van der Waals surface area contributed by atoms with Gasteiger partial charge in [0.05, 0.1) is 30.3 Å². The minimum Gasteiger partial charge on any atom is -0.465 e. The lowest BCUT2D eigenvalue weighted by Crippen LogP contribution is -2.09. The molecule has 1 aromatic heterocycles. The van der Waals surface area contributed by atoms with Crippen molar-refractivity contribution < 1.29 is 27.1 Å². The Balaban J connectivity index is 2.05. The van der Waals surface area contributed by atoms with E-state index in [0.29, 0.717) is 16.5 Å². The molecule has 0 atom stereocenters. The van der Waals surface area contributed by atoms with Gasteiger partial charge in [0, 0.05) is 17.1 Å². The Bertz CT molecular complexity index is 989. The molecule has 0 fully saturated rings. The van der Waals surface area contributed by atoms with E-state index in [0.717, 1.165) is 19.2 Å². The van der Waals surface area contributed by atoms with Gasteiger partial charge in [-0.25, -0.2) is 9.18 Å². The summed E-state index contributed by atoms with van der Waals surface area (Å²) in [6.45, 7) is 1.65. The summed E-state index contributed by atoms with van der Waals surface area (Å²) < 4.78 is 59.6. The molecule has 136 valence electrons. The first-order chi connectivity index (χ1) is 12.2. The number of hydrogen-bond donors (Lipinski definition) is 0. The van der Waals surface area contributed by atoms with Gasteiger partial charge in [-0.2, -0.15) is 13.2 Å². The number of esters is 1. The number of aromatic nitrogens is 1. The number of fused-ring (bicyclic) bond motifs is 1. The number of benzene rings is 2. The lowest BCUT2D eigenvalue weighted by atomic mass is 10.1. The van der Waals surface area contributed by atoms with E-state index in [4.69, 9.17) is 0 Å². The van der Waals surface area contributed by atoms with Crippen LogP contribution in [0.5, 0.6) is 0 Å². The van der Waals surface area contributed by atoms with Gasteiger partial charge in [-0.3, -0.25) is 0 Å². The molecule has 3 nitrogen and oxygen atoms in total. The topological polar surface area (TPSA) is 31.2 Å². The van der Waals surface area contributed by atoms with E-state index < -0.39 is 23.5 Å². The van der Waals surface area contributed by atoms with Gasteiger partial charge >= 0.3 is 12.1 Å². The Morgan fingerprint density at radius 1 is 1.19 bits per heavy atom. The number of halogens is 4. The fraction of sp³-hybridized carbons (Fsp3) is 0.211. The monoisotopic (exact) mass is 365 g/mol. The Morgan fingerprint density at radius 3 is 2.58 bits per heavy atom. The predicted molar refractivity (Wildman–Crippen MR) is 88.5 cm³/mol. The highest BCUT2D eigenvalue weighted by Crippen LogP contribution is 2.33. The molecule has 0 unspecified atom stereocenters. The van der Waals surface area contributed by atoms with Crippen molar-refractivity contribution in [1.29, 1.82) is 0 Å². The van der Waals surface area contributed by atoms with E-state index in [9.17, 15) is 22.4 Å².